The van der Waals surface area contributed by atoms with Gasteiger partial charge >= 0.3 is 0 Å². The van der Waals surface area contributed by atoms with Crippen LogP contribution in [-0.2, 0) is 0 Å². The van der Waals surface area contributed by atoms with Gasteiger partial charge in [-0.05, 0) is 37.4 Å². The molecule has 1 heterocycles. The van der Waals surface area contributed by atoms with Crippen molar-refractivity contribution in [3.63, 3.8) is 0 Å². The SMILES string of the molecule is [CH2]CC1CCN(CC(O)C(C)N=[N+]=[N-])CC1. The molecule has 0 saturated carbocycles. The number of nitrogens with zero attached hydrogens (tertiary/aromatic N) is 4. The van der Waals surface area contributed by atoms with E-state index in [1.807, 2.05) is 0 Å². The van der Waals surface area contributed by atoms with E-state index in [1.54, 1.807) is 6.92 Å². The molecule has 1 rings (SSSR count). The fraction of sp³-hybridized carbons (Fsp3) is 0.909. The standard InChI is InChI=1S/C11H21N4O/c1-3-10-4-6-15(7-5-10)8-11(16)9(2)13-14-12/h9-11,16H,1,3-8H2,2H3. The lowest BCUT2D eigenvalue weighted by atomic mass is 9.94. The van der Waals surface area contributed by atoms with Crippen molar-refractivity contribution in [2.24, 2.45) is 11.0 Å². The van der Waals surface area contributed by atoms with Gasteiger partial charge in [-0.3, -0.25) is 0 Å². The molecule has 0 aliphatic carbocycles. The first-order valence-corrected chi connectivity index (χ1v) is 5.91. The zero-order chi connectivity index (χ0) is 12.0. The number of hydrogen-bond donors (Lipinski definition) is 1. The van der Waals surface area contributed by atoms with Crippen LogP contribution in [-0.4, -0.2) is 41.8 Å². The predicted octanol–water partition coefficient (Wildman–Crippen LogP) is 1.98. The van der Waals surface area contributed by atoms with Crippen molar-refractivity contribution < 1.29 is 5.11 Å². The predicted molar refractivity (Wildman–Crippen MR) is 63.8 cm³/mol. The Labute approximate surface area is 97.1 Å². The van der Waals surface area contributed by atoms with Crippen molar-refractivity contribution in [2.75, 3.05) is 19.6 Å². The van der Waals surface area contributed by atoms with Crippen molar-refractivity contribution in [2.45, 2.75) is 38.3 Å². The highest BCUT2D eigenvalue weighted by Gasteiger charge is 2.21. The molecule has 91 valence electrons. The van der Waals surface area contributed by atoms with Crippen LogP contribution in [0.3, 0.4) is 0 Å². The summed E-state index contributed by atoms with van der Waals surface area (Å²) in [4.78, 5) is 4.95. The third-order valence-corrected chi connectivity index (χ3v) is 3.35. The van der Waals surface area contributed by atoms with Gasteiger partial charge in [0.2, 0.25) is 0 Å². The second-order valence-corrected chi connectivity index (χ2v) is 4.55. The first-order chi connectivity index (χ1) is 7.67. The third kappa shape index (κ3) is 4.00. The average Bonchev–Trinajstić information content (AvgIpc) is 2.30. The topological polar surface area (TPSA) is 72.2 Å². The zero-order valence-electron chi connectivity index (χ0n) is 9.92. The Bertz CT molecular complexity index is 244. The Morgan fingerprint density at radius 2 is 2.19 bits per heavy atom. The second kappa shape index (κ2) is 6.74. The zero-order valence-corrected chi connectivity index (χ0v) is 9.92. The highest BCUT2D eigenvalue weighted by molar-refractivity contribution is 4.79. The molecule has 5 heteroatoms. The smallest absolute Gasteiger partial charge is 0.0749 e. The molecule has 0 bridgehead atoms. The van der Waals surface area contributed by atoms with Crippen LogP contribution in [0.4, 0.5) is 0 Å². The fourth-order valence-electron chi connectivity index (χ4n) is 2.03. The summed E-state index contributed by atoms with van der Waals surface area (Å²) in [5.41, 5.74) is 8.28. The molecule has 1 aliphatic rings. The van der Waals surface area contributed by atoms with Crippen LogP contribution >= 0.6 is 0 Å². The minimum Gasteiger partial charge on any atom is -0.391 e. The van der Waals surface area contributed by atoms with Crippen LogP contribution < -0.4 is 0 Å². The minimum atomic E-state index is -0.563. The van der Waals surface area contributed by atoms with Gasteiger partial charge in [0.25, 0.3) is 0 Å². The minimum absolute atomic E-state index is 0.351. The number of β-amino-alcohol motifs (C(OH)–C–C–N with tert-alkyl or cyclic N) is 1. The van der Waals surface area contributed by atoms with E-state index < -0.39 is 6.10 Å². The lowest BCUT2D eigenvalue weighted by Gasteiger charge is -2.33. The van der Waals surface area contributed by atoms with Gasteiger partial charge in [-0.1, -0.05) is 25.4 Å². The van der Waals surface area contributed by atoms with Crippen molar-refractivity contribution >= 4 is 0 Å². The van der Waals surface area contributed by atoms with Crippen molar-refractivity contribution in [3.8, 4) is 0 Å². The Kier molecular flexibility index (Phi) is 5.60. The maximum Gasteiger partial charge on any atom is 0.0749 e. The summed E-state index contributed by atoms with van der Waals surface area (Å²) >= 11 is 0. The monoisotopic (exact) mass is 225 g/mol. The molecule has 0 spiro atoms. The normalized spacial score (nSPS) is 22.4. The van der Waals surface area contributed by atoms with Crippen LogP contribution in [0.15, 0.2) is 5.11 Å². The number of hydrogen-bond acceptors (Lipinski definition) is 3. The molecule has 2 atom stereocenters. The van der Waals surface area contributed by atoms with E-state index in [4.69, 9.17) is 5.53 Å². The van der Waals surface area contributed by atoms with Crippen LogP contribution in [0.2, 0.25) is 0 Å². The van der Waals surface area contributed by atoms with Crippen molar-refractivity contribution in [1.29, 1.82) is 0 Å². The molecule has 1 fully saturated rings. The van der Waals surface area contributed by atoms with E-state index in [-0.39, 0.29) is 6.04 Å². The summed E-state index contributed by atoms with van der Waals surface area (Å²) in [6.45, 7) is 8.30. The van der Waals surface area contributed by atoms with Crippen LogP contribution in [0.5, 0.6) is 0 Å². The molecule has 1 radical (unpaired) electrons. The van der Waals surface area contributed by atoms with Crippen molar-refractivity contribution in [3.05, 3.63) is 17.4 Å². The summed E-state index contributed by atoms with van der Waals surface area (Å²) in [6, 6.07) is -0.351. The van der Waals surface area contributed by atoms with Gasteiger partial charge in [-0.2, -0.15) is 0 Å². The molecular formula is C11H21N4O. The molecule has 2 unspecified atom stereocenters. The van der Waals surface area contributed by atoms with E-state index in [2.05, 4.69) is 21.8 Å². The molecule has 1 N–H and O–H groups in total. The molecule has 1 saturated heterocycles. The average molecular weight is 225 g/mol. The summed E-state index contributed by atoms with van der Waals surface area (Å²) < 4.78 is 0. The van der Waals surface area contributed by atoms with Crippen LogP contribution in [0, 0.1) is 12.8 Å². The molecule has 0 amide bonds. The van der Waals surface area contributed by atoms with E-state index in [0.29, 0.717) is 6.54 Å². The summed E-state index contributed by atoms with van der Waals surface area (Å²) in [5, 5.41) is 13.3. The quantitative estimate of drug-likeness (QED) is 0.441. The molecule has 5 nitrogen and oxygen atoms in total. The van der Waals surface area contributed by atoms with Gasteiger partial charge in [0.15, 0.2) is 0 Å². The lowest BCUT2D eigenvalue weighted by molar-refractivity contribution is 0.0766. The molecule has 16 heavy (non-hydrogen) atoms. The van der Waals surface area contributed by atoms with Gasteiger partial charge in [-0.15, -0.1) is 0 Å². The van der Waals surface area contributed by atoms with Gasteiger partial charge < -0.3 is 10.0 Å². The van der Waals surface area contributed by atoms with E-state index in [0.717, 1.165) is 38.3 Å². The number of azide groups is 1. The number of likely N-dealkylation sites (tertiary alicyclic amines) is 1. The van der Waals surface area contributed by atoms with Crippen LogP contribution in [0.1, 0.15) is 26.2 Å². The molecule has 0 aromatic rings. The van der Waals surface area contributed by atoms with Gasteiger partial charge in [0.05, 0.1) is 12.1 Å². The lowest BCUT2D eigenvalue weighted by Crippen LogP contribution is -2.41. The fourth-order valence-corrected chi connectivity index (χ4v) is 2.03. The highest BCUT2D eigenvalue weighted by atomic mass is 16.3. The number of rotatable bonds is 5. The van der Waals surface area contributed by atoms with Gasteiger partial charge in [0.1, 0.15) is 0 Å². The molecule has 0 aromatic heterocycles. The Morgan fingerprint density at radius 3 is 2.69 bits per heavy atom. The summed E-state index contributed by atoms with van der Waals surface area (Å²) in [5.74, 6) is 0.739. The molecular weight excluding hydrogens is 204 g/mol. The summed E-state index contributed by atoms with van der Waals surface area (Å²) in [7, 11) is 0. The number of aliphatic hydroxyl groups excluding tert-OH is 1. The van der Waals surface area contributed by atoms with E-state index in [1.165, 1.54) is 0 Å². The summed E-state index contributed by atoms with van der Waals surface area (Å²) in [6.07, 6.45) is 2.76. The van der Waals surface area contributed by atoms with E-state index >= 15 is 0 Å². The van der Waals surface area contributed by atoms with Crippen LogP contribution in [0.25, 0.3) is 10.4 Å². The van der Waals surface area contributed by atoms with Gasteiger partial charge in [0, 0.05) is 11.5 Å². The Balaban J connectivity index is 2.30. The van der Waals surface area contributed by atoms with Gasteiger partial charge in [-0.25, -0.2) is 0 Å². The number of piperidine rings is 1. The van der Waals surface area contributed by atoms with Crippen molar-refractivity contribution in [1.82, 2.24) is 4.90 Å². The first kappa shape index (κ1) is 13.3. The highest BCUT2D eigenvalue weighted by Crippen LogP contribution is 2.20. The maximum absolute atomic E-state index is 9.81. The molecule has 1 aliphatic heterocycles. The third-order valence-electron chi connectivity index (χ3n) is 3.35. The Hall–Kier alpha value is -0.770. The number of aliphatic hydroxyl groups is 1. The maximum atomic E-state index is 9.81. The first-order valence-electron chi connectivity index (χ1n) is 5.91. The largest absolute Gasteiger partial charge is 0.391 e. The molecule has 0 aromatic carbocycles. The van der Waals surface area contributed by atoms with E-state index in [9.17, 15) is 5.11 Å². The second-order valence-electron chi connectivity index (χ2n) is 4.55. The Morgan fingerprint density at radius 1 is 1.56 bits per heavy atom.